The van der Waals surface area contributed by atoms with E-state index in [1.165, 1.54) is 18.3 Å². The normalized spacial score (nSPS) is 16.5. The molecule has 0 bridgehead atoms. The van der Waals surface area contributed by atoms with Gasteiger partial charge in [-0.3, -0.25) is 9.59 Å². The molecule has 0 aromatic heterocycles. The van der Waals surface area contributed by atoms with Crippen LogP contribution in [0.4, 0.5) is 4.39 Å². The minimum atomic E-state index is -0.427. The third-order valence-electron chi connectivity index (χ3n) is 4.86. The van der Waals surface area contributed by atoms with Gasteiger partial charge in [0.25, 0.3) is 0 Å². The molecule has 0 saturated heterocycles. The molecule has 1 aliphatic heterocycles. The summed E-state index contributed by atoms with van der Waals surface area (Å²) in [5.41, 5.74) is 3.80. The zero-order valence-electron chi connectivity index (χ0n) is 15.0. The Labute approximate surface area is 156 Å². The number of amides is 2. The molecule has 1 heterocycles. The molecule has 0 aliphatic carbocycles. The van der Waals surface area contributed by atoms with Gasteiger partial charge >= 0.3 is 0 Å². The number of halogens is 1. The minimum Gasteiger partial charge on any atom is -0.392 e. The van der Waals surface area contributed by atoms with Crippen molar-refractivity contribution in [1.29, 1.82) is 0 Å². The van der Waals surface area contributed by atoms with Crippen LogP contribution < -0.4 is 10.6 Å². The highest BCUT2D eigenvalue weighted by atomic mass is 19.1. The molecule has 3 rings (SSSR count). The highest BCUT2D eigenvalue weighted by molar-refractivity contribution is 5.98. The SMILES string of the molecule is Cc1c(CO)cccc1CNC(=O)C1=CNC(=O)CC1c1ccc(F)cc1. The van der Waals surface area contributed by atoms with Gasteiger partial charge in [0, 0.05) is 30.7 Å². The minimum absolute atomic E-state index is 0.0581. The predicted octanol–water partition coefficient (Wildman–Crippen LogP) is 2.43. The maximum absolute atomic E-state index is 13.2. The predicted molar refractivity (Wildman–Crippen MR) is 98.9 cm³/mol. The van der Waals surface area contributed by atoms with E-state index in [9.17, 15) is 19.1 Å². The van der Waals surface area contributed by atoms with Gasteiger partial charge in [0.2, 0.25) is 11.8 Å². The van der Waals surface area contributed by atoms with E-state index < -0.39 is 5.92 Å². The van der Waals surface area contributed by atoms with E-state index in [4.69, 9.17) is 0 Å². The molecular weight excluding hydrogens is 347 g/mol. The Kier molecular flexibility index (Phi) is 5.66. The first-order chi connectivity index (χ1) is 13.0. The fraction of sp³-hybridized carbons (Fsp3) is 0.238. The second kappa shape index (κ2) is 8.14. The summed E-state index contributed by atoms with van der Waals surface area (Å²) in [5, 5.41) is 14.8. The van der Waals surface area contributed by atoms with Gasteiger partial charge in [-0.05, 0) is 41.3 Å². The summed E-state index contributed by atoms with van der Waals surface area (Å²) in [6.45, 7) is 2.14. The van der Waals surface area contributed by atoms with Crippen LogP contribution in [-0.2, 0) is 22.7 Å². The van der Waals surface area contributed by atoms with Crippen molar-refractivity contribution in [1.82, 2.24) is 10.6 Å². The average molecular weight is 368 g/mol. The number of aliphatic hydroxyl groups is 1. The van der Waals surface area contributed by atoms with E-state index in [0.29, 0.717) is 17.7 Å². The van der Waals surface area contributed by atoms with Gasteiger partial charge in [0.05, 0.1) is 6.61 Å². The first kappa shape index (κ1) is 18.8. The molecule has 1 aliphatic rings. The third kappa shape index (κ3) is 4.23. The number of carbonyl (C=O) groups is 2. The Bertz CT molecular complexity index is 891. The molecule has 0 fully saturated rings. The van der Waals surface area contributed by atoms with Crippen LogP contribution in [0.15, 0.2) is 54.2 Å². The number of benzene rings is 2. The molecule has 0 radical (unpaired) electrons. The summed E-state index contributed by atoms with van der Waals surface area (Å²) in [6, 6.07) is 11.4. The van der Waals surface area contributed by atoms with Crippen molar-refractivity contribution in [3.8, 4) is 0 Å². The monoisotopic (exact) mass is 368 g/mol. The Morgan fingerprint density at radius 1 is 1.22 bits per heavy atom. The van der Waals surface area contributed by atoms with Crippen LogP contribution in [0.2, 0.25) is 0 Å². The lowest BCUT2D eigenvalue weighted by Gasteiger charge is -2.24. The van der Waals surface area contributed by atoms with Gasteiger partial charge in [-0.2, -0.15) is 0 Å². The van der Waals surface area contributed by atoms with Crippen LogP contribution in [0.3, 0.4) is 0 Å². The Balaban J connectivity index is 1.77. The van der Waals surface area contributed by atoms with Crippen LogP contribution in [0.5, 0.6) is 0 Å². The van der Waals surface area contributed by atoms with Gasteiger partial charge in [-0.1, -0.05) is 30.3 Å². The van der Waals surface area contributed by atoms with Crippen molar-refractivity contribution in [2.45, 2.75) is 32.4 Å². The van der Waals surface area contributed by atoms with E-state index in [1.807, 2.05) is 25.1 Å². The van der Waals surface area contributed by atoms with E-state index in [1.54, 1.807) is 12.1 Å². The summed E-state index contributed by atoms with van der Waals surface area (Å²) < 4.78 is 13.2. The van der Waals surface area contributed by atoms with Gasteiger partial charge in [0.1, 0.15) is 5.82 Å². The molecule has 2 amide bonds. The van der Waals surface area contributed by atoms with Crippen molar-refractivity contribution in [2.24, 2.45) is 0 Å². The second-order valence-electron chi connectivity index (χ2n) is 6.52. The standard InChI is InChI=1S/C21H21FN2O3/c1-13-15(3-2-4-16(13)12-25)10-24-21(27)19-11-23-20(26)9-18(19)14-5-7-17(22)8-6-14/h2-8,11,18,25H,9-10,12H2,1H3,(H,23,26)(H,24,27). The average Bonchev–Trinajstić information content (AvgIpc) is 2.67. The first-order valence-electron chi connectivity index (χ1n) is 8.71. The Morgan fingerprint density at radius 2 is 1.93 bits per heavy atom. The Morgan fingerprint density at radius 3 is 2.63 bits per heavy atom. The van der Waals surface area contributed by atoms with Crippen molar-refractivity contribution in [3.63, 3.8) is 0 Å². The van der Waals surface area contributed by atoms with Gasteiger partial charge < -0.3 is 15.7 Å². The maximum Gasteiger partial charge on any atom is 0.249 e. The molecule has 6 heteroatoms. The van der Waals surface area contributed by atoms with Crippen molar-refractivity contribution in [3.05, 3.63) is 82.3 Å². The molecule has 140 valence electrons. The van der Waals surface area contributed by atoms with Crippen LogP contribution in [0, 0.1) is 12.7 Å². The quantitative estimate of drug-likeness (QED) is 0.758. The topological polar surface area (TPSA) is 78.4 Å². The summed E-state index contributed by atoms with van der Waals surface area (Å²) in [6.07, 6.45) is 1.55. The summed E-state index contributed by atoms with van der Waals surface area (Å²) in [4.78, 5) is 24.5. The molecule has 2 aromatic rings. The molecule has 27 heavy (non-hydrogen) atoms. The Hall–Kier alpha value is -2.99. The van der Waals surface area contributed by atoms with Gasteiger partial charge in [0.15, 0.2) is 0 Å². The number of hydrogen-bond acceptors (Lipinski definition) is 3. The molecule has 1 unspecified atom stereocenters. The lowest BCUT2D eigenvalue weighted by Crippen LogP contribution is -2.34. The summed E-state index contributed by atoms with van der Waals surface area (Å²) in [7, 11) is 0. The lowest BCUT2D eigenvalue weighted by molar-refractivity contribution is -0.121. The van der Waals surface area contributed by atoms with E-state index in [-0.39, 0.29) is 30.7 Å². The smallest absolute Gasteiger partial charge is 0.249 e. The number of nitrogens with one attached hydrogen (secondary N) is 2. The lowest BCUT2D eigenvalue weighted by atomic mass is 9.86. The molecule has 3 N–H and O–H groups in total. The van der Waals surface area contributed by atoms with Crippen LogP contribution >= 0.6 is 0 Å². The fourth-order valence-electron chi connectivity index (χ4n) is 3.21. The molecule has 0 spiro atoms. The zero-order chi connectivity index (χ0) is 19.4. The number of hydrogen-bond donors (Lipinski definition) is 3. The number of aliphatic hydroxyl groups excluding tert-OH is 1. The zero-order valence-corrected chi connectivity index (χ0v) is 15.0. The largest absolute Gasteiger partial charge is 0.392 e. The van der Waals surface area contributed by atoms with Crippen molar-refractivity contribution < 1.29 is 19.1 Å². The highest BCUT2D eigenvalue weighted by Crippen LogP contribution is 2.30. The number of carbonyl (C=O) groups excluding carboxylic acids is 2. The number of rotatable bonds is 5. The summed E-state index contributed by atoms with van der Waals surface area (Å²) >= 11 is 0. The van der Waals surface area contributed by atoms with Crippen LogP contribution in [0.1, 0.15) is 34.6 Å². The molecule has 5 nitrogen and oxygen atoms in total. The van der Waals surface area contributed by atoms with Crippen LogP contribution in [-0.4, -0.2) is 16.9 Å². The first-order valence-corrected chi connectivity index (χ1v) is 8.71. The molecule has 2 aromatic carbocycles. The van der Waals surface area contributed by atoms with Gasteiger partial charge in [-0.15, -0.1) is 0 Å². The second-order valence-corrected chi connectivity index (χ2v) is 6.52. The van der Waals surface area contributed by atoms with Crippen molar-refractivity contribution in [2.75, 3.05) is 0 Å². The molecule has 1 atom stereocenters. The van der Waals surface area contributed by atoms with Crippen LogP contribution in [0.25, 0.3) is 0 Å². The molecular formula is C21H21FN2O3. The maximum atomic E-state index is 13.2. The molecule has 0 saturated carbocycles. The van der Waals surface area contributed by atoms with Crippen molar-refractivity contribution >= 4 is 11.8 Å². The fourth-order valence-corrected chi connectivity index (χ4v) is 3.21. The highest BCUT2D eigenvalue weighted by Gasteiger charge is 2.28. The summed E-state index contributed by atoms with van der Waals surface area (Å²) in [5.74, 6) is -1.28. The van der Waals surface area contributed by atoms with E-state index >= 15 is 0 Å². The van der Waals surface area contributed by atoms with E-state index in [0.717, 1.165) is 16.7 Å². The third-order valence-corrected chi connectivity index (χ3v) is 4.86. The van der Waals surface area contributed by atoms with E-state index in [2.05, 4.69) is 10.6 Å². The van der Waals surface area contributed by atoms with Gasteiger partial charge in [-0.25, -0.2) is 4.39 Å².